The van der Waals surface area contributed by atoms with Crippen molar-refractivity contribution >= 4 is 5.97 Å². The maximum absolute atomic E-state index is 11.0. The van der Waals surface area contributed by atoms with E-state index >= 15 is 0 Å². The monoisotopic (exact) mass is 283 g/mol. The van der Waals surface area contributed by atoms with Crippen molar-refractivity contribution in [3.8, 4) is 11.5 Å². The zero-order valence-electron chi connectivity index (χ0n) is 11.9. The van der Waals surface area contributed by atoms with Crippen molar-refractivity contribution in [2.45, 2.75) is 32.5 Å². The molecule has 0 spiro atoms. The minimum absolute atomic E-state index is 0.310. The number of ether oxygens (including phenoxy) is 2. The van der Waals surface area contributed by atoms with Gasteiger partial charge >= 0.3 is 5.97 Å². The average molecular weight is 283 g/mol. The van der Waals surface area contributed by atoms with Crippen LogP contribution in [-0.4, -0.2) is 42.0 Å². The molecule has 6 nitrogen and oxygen atoms in total. The van der Waals surface area contributed by atoms with Crippen molar-refractivity contribution in [2.75, 3.05) is 13.7 Å². The SMILES string of the molecule is CCOc1ccc(CNC(C(=O)O)C(C)O)cc1OC. The Morgan fingerprint density at radius 3 is 2.60 bits per heavy atom. The van der Waals surface area contributed by atoms with E-state index in [0.717, 1.165) is 5.56 Å². The second kappa shape index (κ2) is 7.72. The van der Waals surface area contributed by atoms with Gasteiger partial charge in [-0.2, -0.15) is 0 Å². The number of carbonyl (C=O) groups is 1. The predicted octanol–water partition coefficient (Wildman–Crippen LogP) is 1.02. The number of benzene rings is 1. The van der Waals surface area contributed by atoms with E-state index in [1.54, 1.807) is 19.2 Å². The lowest BCUT2D eigenvalue weighted by atomic mass is 10.1. The fraction of sp³-hybridized carbons (Fsp3) is 0.500. The number of nitrogens with one attached hydrogen (secondary N) is 1. The summed E-state index contributed by atoms with van der Waals surface area (Å²) < 4.78 is 10.6. The van der Waals surface area contributed by atoms with Gasteiger partial charge in [-0.15, -0.1) is 0 Å². The summed E-state index contributed by atoms with van der Waals surface area (Å²) in [5.41, 5.74) is 0.845. The van der Waals surface area contributed by atoms with Gasteiger partial charge in [0.1, 0.15) is 6.04 Å². The lowest BCUT2D eigenvalue weighted by molar-refractivity contribution is -0.142. The third kappa shape index (κ3) is 4.40. The van der Waals surface area contributed by atoms with Crippen molar-refractivity contribution in [2.24, 2.45) is 0 Å². The second-order valence-electron chi connectivity index (χ2n) is 4.36. The first kappa shape index (κ1) is 16.3. The summed E-state index contributed by atoms with van der Waals surface area (Å²) in [6, 6.07) is 4.37. The summed E-state index contributed by atoms with van der Waals surface area (Å²) in [4.78, 5) is 11.0. The number of rotatable bonds is 8. The van der Waals surface area contributed by atoms with Crippen molar-refractivity contribution < 1.29 is 24.5 Å². The molecule has 1 aromatic rings. The molecule has 20 heavy (non-hydrogen) atoms. The Labute approximate surface area is 118 Å². The van der Waals surface area contributed by atoms with Crippen LogP contribution in [0.25, 0.3) is 0 Å². The van der Waals surface area contributed by atoms with Crippen LogP contribution in [0, 0.1) is 0 Å². The molecule has 0 bridgehead atoms. The van der Waals surface area contributed by atoms with Gasteiger partial charge < -0.3 is 19.7 Å². The molecule has 1 aromatic carbocycles. The zero-order chi connectivity index (χ0) is 15.1. The van der Waals surface area contributed by atoms with Crippen LogP contribution < -0.4 is 14.8 Å². The summed E-state index contributed by atoms with van der Waals surface area (Å²) in [6.45, 7) is 4.17. The van der Waals surface area contributed by atoms with E-state index in [9.17, 15) is 9.90 Å². The maximum atomic E-state index is 11.0. The maximum Gasteiger partial charge on any atom is 0.323 e. The molecule has 0 saturated heterocycles. The molecule has 2 atom stereocenters. The van der Waals surface area contributed by atoms with E-state index in [4.69, 9.17) is 14.6 Å². The van der Waals surface area contributed by atoms with E-state index < -0.39 is 18.1 Å². The highest BCUT2D eigenvalue weighted by molar-refractivity contribution is 5.74. The van der Waals surface area contributed by atoms with E-state index in [2.05, 4.69) is 5.32 Å². The molecule has 0 saturated carbocycles. The lowest BCUT2D eigenvalue weighted by Gasteiger charge is -2.17. The standard InChI is InChI=1S/C14H21NO5/c1-4-20-11-6-5-10(7-12(11)19-3)8-15-13(9(2)16)14(17)18/h5-7,9,13,15-16H,4,8H2,1-3H3,(H,17,18). The van der Waals surface area contributed by atoms with Crippen LogP contribution in [0.5, 0.6) is 11.5 Å². The van der Waals surface area contributed by atoms with Gasteiger partial charge in [0.05, 0.1) is 19.8 Å². The van der Waals surface area contributed by atoms with Gasteiger partial charge in [0.25, 0.3) is 0 Å². The van der Waals surface area contributed by atoms with Gasteiger partial charge in [-0.3, -0.25) is 10.1 Å². The van der Waals surface area contributed by atoms with Crippen LogP contribution in [0.2, 0.25) is 0 Å². The molecule has 3 N–H and O–H groups in total. The van der Waals surface area contributed by atoms with Crippen molar-refractivity contribution in [1.82, 2.24) is 5.32 Å². The van der Waals surface area contributed by atoms with Gasteiger partial charge in [-0.1, -0.05) is 6.07 Å². The van der Waals surface area contributed by atoms with Crippen molar-refractivity contribution in [3.05, 3.63) is 23.8 Å². The highest BCUT2D eigenvalue weighted by Gasteiger charge is 2.22. The predicted molar refractivity (Wildman–Crippen MR) is 74.1 cm³/mol. The Kier molecular flexibility index (Phi) is 6.27. The third-order valence-corrected chi connectivity index (χ3v) is 2.80. The van der Waals surface area contributed by atoms with Crippen LogP contribution in [0.15, 0.2) is 18.2 Å². The Bertz CT molecular complexity index is 447. The topological polar surface area (TPSA) is 88.0 Å². The van der Waals surface area contributed by atoms with E-state index in [-0.39, 0.29) is 0 Å². The molecular formula is C14H21NO5. The summed E-state index contributed by atoms with van der Waals surface area (Å²) in [5.74, 6) is 0.150. The van der Waals surface area contributed by atoms with Gasteiger partial charge in [0.2, 0.25) is 0 Å². The fourth-order valence-electron chi connectivity index (χ4n) is 1.79. The largest absolute Gasteiger partial charge is 0.493 e. The van der Waals surface area contributed by atoms with E-state index in [1.165, 1.54) is 6.92 Å². The molecule has 0 amide bonds. The highest BCUT2D eigenvalue weighted by atomic mass is 16.5. The molecule has 2 unspecified atom stereocenters. The van der Waals surface area contributed by atoms with Gasteiger partial charge in [-0.25, -0.2) is 0 Å². The Morgan fingerprint density at radius 2 is 2.10 bits per heavy atom. The number of carboxylic acids is 1. The number of aliphatic hydroxyl groups excluding tert-OH is 1. The quantitative estimate of drug-likeness (QED) is 0.660. The number of carboxylic acid groups (broad SMARTS) is 1. The average Bonchev–Trinajstić information content (AvgIpc) is 2.39. The van der Waals surface area contributed by atoms with Crippen LogP contribution in [0.1, 0.15) is 19.4 Å². The number of aliphatic carboxylic acids is 1. The van der Waals surface area contributed by atoms with Gasteiger partial charge in [0.15, 0.2) is 11.5 Å². The zero-order valence-corrected chi connectivity index (χ0v) is 11.9. The Balaban J connectivity index is 2.75. The fourth-order valence-corrected chi connectivity index (χ4v) is 1.79. The molecule has 0 radical (unpaired) electrons. The Morgan fingerprint density at radius 1 is 1.40 bits per heavy atom. The normalized spacial score (nSPS) is 13.6. The Hall–Kier alpha value is -1.79. The number of methoxy groups -OCH3 is 1. The molecule has 0 heterocycles. The molecule has 112 valence electrons. The minimum atomic E-state index is -1.09. The van der Waals surface area contributed by atoms with Crippen LogP contribution in [0.4, 0.5) is 0 Å². The second-order valence-corrected chi connectivity index (χ2v) is 4.36. The first-order valence-electron chi connectivity index (χ1n) is 6.43. The van der Waals surface area contributed by atoms with Gasteiger partial charge in [0, 0.05) is 6.54 Å². The number of aliphatic hydroxyl groups is 1. The summed E-state index contributed by atoms with van der Waals surface area (Å²) in [5, 5.41) is 21.1. The van der Waals surface area contributed by atoms with Crippen LogP contribution in [-0.2, 0) is 11.3 Å². The molecule has 0 fully saturated rings. The van der Waals surface area contributed by atoms with Gasteiger partial charge in [-0.05, 0) is 31.5 Å². The minimum Gasteiger partial charge on any atom is -0.493 e. The third-order valence-electron chi connectivity index (χ3n) is 2.80. The molecule has 0 aromatic heterocycles. The number of hydrogen-bond acceptors (Lipinski definition) is 5. The first-order valence-corrected chi connectivity index (χ1v) is 6.43. The van der Waals surface area contributed by atoms with Crippen molar-refractivity contribution in [3.63, 3.8) is 0 Å². The highest BCUT2D eigenvalue weighted by Crippen LogP contribution is 2.27. The molecule has 1 rings (SSSR count). The molecule has 6 heteroatoms. The van der Waals surface area contributed by atoms with E-state index in [0.29, 0.717) is 24.7 Å². The number of hydrogen-bond donors (Lipinski definition) is 3. The molecular weight excluding hydrogens is 262 g/mol. The summed E-state index contributed by atoms with van der Waals surface area (Å²) >= 11 is 0. The molecule has 0 aliphatic rings. The smallest absolute Gasteiger partial charge is 0.323 e. The van der Waals surface area contributed by atoms with Crippen LogP contribution >= 0.6 is 0 Å². The molecule has 0 aliphatic carbocycles. The van der Waals surface area contributed by atoms with Crippen molar-refractivity contribution in [1.29, 1.82) is 0 Å². The molecule has 0 aliphatic heterocycles. The van der Waals surface area contributed by atoms with Crippen LogP contribution in [0.3, 0.4) is 0 Å². The summed E-state index contributed by atoms with van der Waals surface area (Å²) in [7, 11) is 1.55. The summed E-state index contributed by atoms with van der Waals surface area (Å²) in [6.07, 6.45) is -0.975. The first-order chi connectivity index (χ1) is 9.49. The van der Waals surface area contributed by atoms with E-state index in [1.807, 2.05) is 13.0 Å². The lowest BCUT2D eigenvalue weighted by Crippen LogP contribution is -2.44.